The minimum absolute atomic E-state index is 0.663. The lowest BCUT2D eigenvalue weighted by Crippen LogP contribution is -2.35. The van der Waals surface area contributed by atoms with Crippen LogP contribution in [-0.2, 0) is 0 Å². The number of nitrogens with one attached hydrogen (secondary N) is 2. The summed E-state index contributed by atoms with van der Waals surface area (Å²) in [5.41, 5.74) is 11.2. The van der Waals surface area contributed by atoms with Crippen molar-refractivity contribution in [2.45, 2.75) is 6.42 Å². The molecule has 0 saturated heterocycles. The normalized spacial score (nSPS) is 12.4. The van der Waals surface area contributed by atoms with Crippen LogP contribution in [0.1, 0.15) is 29.2 Å². The quantitative estimate of drug-likeness (QED) is 0.0905. The van der Waals surface area contributed by atoms with Crippen molar-refractivity contribution in [3.63, 3.8) is 0 Å². The molecule has 8 bridgehead atoms. The molecule has 0 unspecified atom stereocenters. The number of nitrogens with zero attached hydrogens (tertiary/aromatic N) is 4. The van der Waals surface area contributed by atoms with E-state index in [1.807, 2.05) is 30.3 Å². The molecule has 3 aromatic heterocycles. The van der Waals surface area contributed by atoms with Crippen LogP contribution in [0.25, 0.3) is 68.6 Å². The highest BCUT2D eigenvalue weighted by Crippen LogP contribution is 2.34. The summed E-state index contributed by atoms with van der Waals surface area (Å²) in [5.74, 6) is 4.65. The monoisotopic (exact) mass is 690 g/mol. The minimum Gasteiger partial charge on any atom is -0.493 e. The number of quaternary nitrogens is 2. The van der Waals surface area contributed by atoms with Crippen LogP contribution in [0.3, 0.4) is 0 Å². The predicted molar refractivity (Wildman–Crippen MR) is 214 cm³/mol. The molecular weight excluding hydrogens is 645 g/mol. The number of hydrogen-bond acceptors (Lipinski definition) is 4. The fraction of sp³-hybridized carbons (Fsp3) is 0.227. The molecule has 2 N–H and O–H groups in total. The van der Waals surface area contributed by atoms with Crippen molar-refractivity contribution >= 4 is 46.4 Å². The van der Waals surface area contributed by atoms with Gasteiger partial charge in [-0.05, 0) is 96.1 Å². The average Bonchev–Trinajstić information content (AvgIpc) is 3.92. The van der Waals surface area contributed by atoms with Gasteiger partial charge in [0, 0.05) is 45.5 Å². The Morgan fingerprint density at radius 2 is 1.19 bits per heavy atom. The molecule has 7 rings (SSSR count). The van der Waals surface area contributed by atoms with Gasteiger partial charge in [-0.1, -0.05) is 24.3 Å². The summed E-state index contributed by atoms with van der Waals surface area (Å²) in [7, 11) is 12.9. The summed E-state index contributed by atoms with van der Waals surface area (Å²) in [6, 6.07) is 28.8. The summed E-state index contributed by atoms with van der Waals surface area (Å²) >= 11 is 0. The molecule has 5 heterocycles. The number of ether oxygens (including phenoxy) is 2. The summed E-state index contributed by atoms with van der Waals surface area (Å²) in [5, 5.41) is 0. The molecule has 8 nitrogen and oxygen atoms in total. The number of benzene rings is 2. The van der Waals surface area contributed by atoms with E-state index >= 15 is 0 Å². The zero-order valence-electron chi connectivity index (χ0n) is 30.8. The number of aromatic nitrogens is 4. The maximum absolute atomic E-state index is 6.21. The van der Waals surface area contributed by atoms with E-state index in [9.17, 15) is 0 Å². The van der Waals surface area contributed by atoms with Gasteiger partial charge in [0.15, 0.2) is 0 Å². The molecule has 0 amide bonds. The molecule has 2 aliphatic heterocycles. The lowest BCUT2D eigenvalue weighted by Gasteiger charge is -2.23. The molecule has 0 radical (unpaired) electrons. The van der Waals surface area contributed by atoms with Gasteiger partial charge < -0.3 is 28.4 Å². The third kappa shape index (κ3) is 8.52. The topological polar surface area (TPSA) is 75.8 Å². The van der Waals surface area contributed by atoms with Crippen LogP contribution in [-0.4, -0.2) is 90.9 Å². The second kappa shape index (κ2) is 14.4. The zero-order valence-corrected chi connectivity index (χ0v) is 30.8. The first kappa shape index (κ1) is 34.6. The molecule has 0 aliphatic carbocycles. The maximum atomic E-state index is 6.21. The van der Waals surface area contributed by atoms with E-state index < -0.39 is 0 Å². The number of H-pyrrole nitrogens is 2. The van der Waals surface area contributed by atoms with Gasteiger partial charge in [-0.25, -0.2) is 9.97 Å². The van der Waals surface area contributed by atoms with Crippen molar-refractivity contribution in [2.75, 3.05) is 62.0 Å². The molecule has 0 saturated carbocycles. The smallest absolute Gasteiger partial charge is 0.143 e. The third-order valence-electron chi connectivity index (χ3n) is 8.68. The zero-order chi connectivity index (χ0) is 36.3. The Labute approximate surface area is 305 Å². The second-order valence-electron chi connectivity index (χ2n) is 15.3. The fourth-order valence-corrected chi connectivity index (χ4v) is 6.23. The minimum atomic E-state index is 0.663. The highest BCUT2D eigenvalue weighted by atomic mass is 16.5. The predicted octanol–water partition coefficient (Wildman–Crippen LogP) is 8.51. The standard InChI is InChI=1S/C44H46N6O2/c1-49(2,3)23-9-25-51-37-13-7-11-31(27-37)43-39-19-15-33(45-39)29-35-17-21-41(47-35)44(42-22-18-36(48-42)30-34-16-20-40(43)46-34)32-12-8-14-38(28-32)52-26-10-24-50(4,5)6/h7-8,11-22,27-30,47-48H,9,23-25H2,1-6H3/q+2. The Morgan fingerprint density at radius 1 is 0.615 bits per heavy atom. The molecule has 262 valence electrons. The first-order chi connectivity index (χ1) is 25.0. The first-order valence-corrected chi connectivity index (χ1v) is 17.7. The summed E-state index contributed by atoms with van der Waals surface area (Å²) < 4.78 is 13.7. The van der Waals surface area contributed by atoms with Gasteiger partial charge in [0.25, 0.3) is 0 Å². The third-order valence-corrected chi connectivity index (χ3v) is 8.68. The molecular formula is C44H46N6O2+2. The van der Waals surface area contributed by atoms with Gasteiger partial charge in [0.1, 0.15) is 24.2 Å². The number of fused-ring (bicyclic) bond motifs is 8. The molecule has 0 fully saturated rings. The first-order valence-electron chi connectivity index (χ1n) is 17.7. The van der Waals surface area contributed by atoms with E-state index in [0.29, 0.717) is 18.9 Å². The van der Waals surface area contributed by atoms with Gasteiger partial charge >= 0.3 is 0 Å². The van der Waals surface area contributed by atoms with Gasteiger partial charge in [-0.2, -0.15) is 0 Å². The van der Waals surface area contributed by atoms with Crippen molar-refractivity contribution < 1.29 is 18.4 Å². The van der Waals surface area contributed by atoms with Crippen molar-refractivity contribution in [3.05, 3.63) is 108 Å². The molecule has 5 aromatic rings. The Bertz CT molecular complexity index is 2310. The van der Waals surface area contributed by atoms with Crippen LogP contribution in [0.4, 0.5) is 0 Å². The summed E-state index contributed by atoms with van der Waals surface area (Å²) in [6.07, 6.45) is 12.1. The van der Waals surface area contributed by atoms with Crippen LogP contribution >= 0.6 is 0 Å². The Balaban J connectivity index is 1.32. The molecule has 2 aromatic carbocycles. The highest BCUT2D eigenvalue weighted by Gasteiger charge is 2.16. The largest absolute Gasteiger partial charge is 0.493 e. The van der Waals surface area contributed by atoms with Crippen LogP contribution in [0.15, 0.2) is 84.9 Å². The summed E-state index contributed by atoms with van der Waals surface area (Å²) in [6.45, 7) is 2.40. The Morgan fingerprint density at radius 3 is 1.79 bits per heavy atom. The number of rotatable bonds is 9. The van der Waals surface area contributed by atoms with Gasteiger partial charge in [-0.15, -0.1) is 0 Å². The van der Waals surface area contributed by atoms with Crippen LogP contribution < -0.4 is 9.47 Å². The number of hydrogen-bond donors (Lipinski definition) is 2. The van der Waals surface area contributed by atoms with Crippen LogP contribution in [0, 0.1) is 12.0 Å². The maximum Gasteiger partial charge on any atom is 0.143 e. The van der Waals surface area contributed by atoms with Crippen molar-refractivity contribution in [1.82, 2.24) is 19.9 Å². The van der Waals surface area contributed by atoms with Crippen LogP contribution in [0.5, 0.6) is 11.5 Å². The van der Waals surface area contributed by atoms with Gasteiger partial charge in [-0.3, -0.25) is 0 Å². The highest BCUT2D eigenvalue weighted by molar-refractivity contribution is 5.94. The van der Waals surface area contributed by atoms with Crippen molar-refractivity contribution in [3.8, 4) is 45.8 Å². The fourth-order valence-electron chi connectivity index (χ4n) is 6.23. The van der Waals surface area contributed by atoms with Gasteiger partial charge in [0.05, 0.1) is 78.2 Å². The molecule has 0 spiro atoms. The molecule has 0 atom stereocenters. The van der Waals surface area contributed by atoms with Gasteiger partial charge in [0.2, 0.25) is 0 Å². The van der Waals surface area contributed by atoms with E-state index in [-0.39, 0.29) is 0 Å². The summed E-state index contributed by atoms with van der Waals surface area (Å²) in [4.78, 5) is 17.5. The average molecular weight is 691 g/mol. The number of aromatic amines is 2. The van der Waals surface area contributed by atoms with E-state index in [1.165, 1.54) is 0 Å². The molecule has 2 aliphatic rings. The SMILES string of the molecule is C[N+](C)(C)CC#COc1cccc(-c2c3ccc(cc4nc(c(-c5cccc(OCCC[N+](C)(C)C)c5)c5nc(cc6ccc2[nH]6)C=C5)C=C4)[nH]3)c1. The van der Waals surface area contributed by atoms with E-state index in [0.717, 1.165) is 94.8 Å². The molecule has 52 heavy (non-hydrogen) atoms. The lowest BCUT2D eigenvalue weighted by atomic mass is 10.0. The van der Waals surface area contributed by atoms with E-state index in [1.54, 1.807) is 0 Å². The van der Waals surface area contributed by atoms with Crippen molar-refractivity contribution in [1.29, 1.82) is 0 Å². The second-order valence-corrected chi connectivity index (χ2v) is 15.3. The lowest BCUT2D eigenvalue weighted by molar-refractivity contribution is -0.870. The Kier molecular flexibility index (Phi) is 9.57. The van der Waals surface area contributed by atoms with Crippen LogP contribution in [0.2, 0.25) is 0 Å². The van der Waals surface area contributed by atoms with Crippen molar-refractivity contribution in [2.24, 2.45) is 0 Å². The van der Waals surface area contributed by atoms with E-state index in [4.69, 9.17) is 19.4 Å². The van der Waals surface area contributed by atoms with E-state index in [2.05, 4.69) is 143 Å². The molecule has 8 heteroatoms. The Hall–Kier alpha value is -5.88.